The van der Waals surface area contributed by atoms with E-state index >= 15 is 0 Å². The molecule has 0 saturated heterocycles. The van der Waals surface area contributed by atoms with E-state index in [4.69, 9.17) is 14.7 Å². The Hall–Kier alpha value is -3.26. The molecule has 0 atom stereocenters. The van der Waals surface area contributed by atoms with Gasteiger partial charge in [0, 0.05) is 16.6 Å². The van der Waals surface area contributed by atoms with Gasteiger partial charge in [0.25, 0.3) is 5.91 Å². The average Bonchev–Trinajstić information content (AvgIpc) is 3.10. The number of carbonyl (C=O) groups excluding carboxylic acids is 2. The van der Waals surface area contributed by atoms with E-state index in [1.165, 1.54) is 0 Å². The Balaban J connectivity index is 1.92. The Kier molecular flexibility index (Phi) is 7.03. The SMILES string of the molecule is CCCCCn1c(NC(=O)c2cccc(Br)c2)c(C(=O)OCC)c2nc3ccccc3nc21. The topological polar surface area (TPSA) is 86.1 Å². The number of halogens is 1. The minimum atomic E-state index is -0.536. The van der Waals surface area contributed by atoms with Gasteiger partial charge in [0.15, 0.2) is 5.65 Å². The number of aromatic nitrogens is 3. The van der Waals surface area contributed by atoms with Crippen molar-refractivity contribution in [3.05, 3.63) is 64.1 Å². The molecule has 0 spiro atoms. The summed E-state index contributed by atoms with van der Waals surface area (Å²) in [5.41, 5.74) is 3.07. The zero-order valence-corrected chi connectivity index (χ0v) is 20.2. The van der Waals surface area contributed by atoms with E-state index in [0.29, 0.717) is 34.6 Å². The third kappa shape index (κ3) is 4.75. The van der Waals surface area contributed by atoms with E-state index in [1.807, 2.05) is 34.9 Å². The lowest BCUT2D eigenvalue weighted by Crippen LogP contribution is -2.18. The van der Waals surface area contributed by atoms with Crippen molar-refractivity contribution in [2.24, 2.45) is 0 Å². The highest BCUT2D eigenvalue weighted by Crippen LogP contribution is 2.31. The molecule has 0 unspecified atom stereocenters. The van der Waals surface area contributed by atoms with Gasteiger partial charge in [0.05, 0.1) is 17.6 Å². The van der Waals surface area contributed by atoms with E-state index in [0.717, 1.165) is 29.3 Å². The van der Waals surface area contributed by atoms with Crippen LogP contribution in [0.25, 0.3) is 22.2 Å². The minimum absolute atomic E-state index is 0.210. The number of nitrogens with one attached hydrogen (secondary N) is 1. The van der Waals surface area contributed by atoms with Gasteiger partial charge < -0.3 is 14.6 Å². The zero-order chi connectivity index (χ0) is 23.4. The number of fused-ring (bicyclic) bond motifs is 2. The normalized spacial score (nSPS) is 11.1. The van der Waals surface area contributed by atoms with Crippen LogP contribution >= 0.6 is 15.9 Å². The lowest BCUT2D eigenvalue weighted by molar-refractivity contribution is 0.0529. The van der Waals surface area contributed by atoms with Crippen molar-refractivity contribution in [3.63, 3.8) is 0 Å². The molecule has 1 amide bonds. The van der Waals surface area contributed by atoms with Crippen molar-refractivity contribution in [2.45, 2.75) is 39.7 Å². The van der Waals surface area contributed by atoms with Crippen molar-refractivity contribution < 1.29 is 14.3 Å². The van der Waals surface area contributed by atoms with E-state index in [9.17, 15) is 9.59 Å². The van der Waals surface area contributed by atoms with Gasteiger partial charge in [-0.05, 0) is 43.7 Å². The number of esters is 1. The van der Waals surface area contributed by atoms with Crippen LogP contribution in [0.1, 0.15) is 53.8 Å². The second-order valence-corrected chi connectivity index (χ2v) is 8.57. The van der Waals surface area contributed by atoms with Gasteiger partial charge in [-0.25, -0.2) is 14.8 Å². The first kappa shape index (κ1) is 22.9. The molecule has 0 fully saturated rings. The summed E-state index contributed by atoms with van der Waals surface area (Å²) in [6.07, 6.45) is 2.92. The van der Waals surface area contributed by atoms with Crippen LogP contribution in [0.4, 0.5) is 5.82 Å². The fourth-order valence-electron chi connectivity index (χ4n) is 3.77. The molecule has 0 radical (unpaired) electrons. The smallest absolute Gasteiger partial charge is 0.344 e. The van der Waals surface area contributed by atoms with Gasteiger partial charge in [0.2, 0.25) is 0 Å². The molecule has 170 valence electrons. The van der Waals surface area contributed by atoms with Gasteiger partial charge in [0.1, 0.15) is 16.9 Å². The van der Waals surface area contributed by atoms with E-state index in [1.54, 1.807) is 25.1 Å². The lowest BCUT2D eigenvalue weighted by atomic mass is 10.2. The first-order valence-corrected chi connectivity index (χ1v) is 11.9. The van der Waals surface area contributed by atoms with Crippen molar-refractivity contribution >= 4 is 55.8 Å². The Morgan fingerprint density at radius 2 is 1.79 bits per heavy atom. The molecular weight excluding hydrogens is 484 g/mol. The number of ether oxygens (including phenoxy) is 1. The Bertz CT molecular complexity index is 1330. The summed E-state index contributed by atoms with van der Waals surface area (Å²) in [6, 6.07) is 14.6. The third-order valence-electron chi connectivity index (χ3n) is 5.33. The highest BCUT2D eigenvalue weighted by atomic mass is 79.9. The number of hydrogen-bond acceptors (Lipinski definition) is 5. The van der Waals surface area contributed by atoms with Crippen LogP contribution in [0.3, 0.4) is 0 Å². The van der Waals surface area contributed by atoms with Crippen LogP contribution in [0.15, 0.2) is 53.0 Å². The molecular formula is C25H25BrN4O3. The highest BCUT2D eigenvalue weighted by molar-refractivity contribution is 9.10. The molecule has 4 aromatic rings. The molecule has 0 aliphatic heterocycles. The molecule has 2 heterocycles. The van der Waals surface area contributed by atoms with Crippen molar-refractivity contribution in [1.29, 1.82) is 0 Å². The summed E-state index contributed by atoms with van der Waals surface area (Å²) in [4.78, 5) is 35.8. The van der Waals surface area contributed by atoms with Gasteiger partial charge >= 0.3 is 5.97 Å². The number of para-hydroxylation sites is 2. The first-order valence-electron chi connectivity index (χ1n) is 11.1. The van der Waals surface area contributed by atoms with Crippen LogP contribution in [-0.4, -0.2) is 33.0 Å². The van der Waals surface area contributed by atoms with Crippen LogP contribution in [0.5, 0.6) is 0 Å². The van der Waals surface area contributed by atoms with Crippen LogP contribution in [0, 0.1) is 0 Å². The Morgan fingerprint density at radius 3 is 2.48 bits per heavy atom. The number of unbranched alkanes of at least 4 members (excludes halogenated alkanes) is 2. The first-order chi connectivity index (χ1) is 16.0. The Morgan fingerprint density at radius 1 is 1.03 bits per heavy atom. The van der Waals surface area contributed by atoms with Crippen LogP contribution in [0.2, 0.25) is 0 Å². The molecule has 0 aliphatic rings. The van der Waals surface area contributed by atoms with Crippen LogP contribution < -0.4 is 5.32 Å². The van der Waals surface area contributed by atoms with Gasteiger partial charge in [-0.1, -0.05) is 53.9 Å². The molecule has 1 N–H and O–H groups in total. The summed E-state index contributed by atoms with van der Waals surface area (Å²) >= 11 is 3.40. The molecule has 4 rings (SSSR count). The van der Waals surface area contributed by atoms with Gasteiger partial charge in [-0.2, -0.15) is 0 Å². The minimum Gasteiger partial charge on any atom is -0.462 e. The maximum absolute atomic E-state index is 13.2. The summed E-state index contributed by atoms with van der Waals surface area (Å²) in [6.45, 7) is 4.67. The van der Waals surface area contributed by atoms with Crippen molar-refractivity contribution in [3.8, 4) is 0 Å². The summed E-state index contributed by atoms with van der Waals surface area (Å²) < 4.78 is 8.03. The number of amides is 1. The summed E-state index contributed by atoms with van der Waals surface area (Å²) in [5, 5.41) is 2.96. The van der Waals surface area contributed by atoms with Crippen molar-refractivity contribution in [1.82, 2.24) is 14.5 Å². The number of anilines is 1. The lowest BCUT2D eigenvalue weighted by Gasteiger charge is -2.13. The van der Waals surface area contributed by atoms with Gasteiger partial charge in [-0.3, -0.25) is 4.79 Å². The van der Waals surface area contributed by atoms with E-state index < -0.39 is 5.97 Å². The predicted octanol–water partition coefficient (Wildman–Crippen LogP) is 5.97. The molecule has 0 saturated carbocycles. The fraction of sp³-hybridized carbons (Fsp3) is 0.280. The molecule has 2 aromatic heterocycles. The predicted molar refractivity (Wildman–Crippen MR) is 133 cm³/mol. The highest BCUT2D eigenvalue weighted by Gasteiger charge is 2.28. The number of hydrogen-bond donors (Lipinski definition) is 1. The maximum Gasteiger partial charge on any atom is 0.344 e. The second-order valence-electron chi connectivity index (χ2n) is 7.65. The third-order valence-corrected chi connectivity index (χ3v) is 5.83. The molecule has 33 heavy (non-hydrogen) atoms. The van der Waals surface area contributed by atoms with Crippen molar-refractivity contribution in [2.75, 3.05) is 11.9 Å². The number of nitrogens with zero attached hydrogens (tertiary/aromatic N) is 3. The zero-order valence-electron chi connectivity index (χ0n) is 18.6. The summed E-state index contributed by atoms with van der Waals surface area (Å²) in [7, 11) is 0. The molecule has 7 nitrogen and oxygen atoms in total. The Labute approximate surface area is 200 Å². The quantitative estimate of drug-likeness (QED) is 0.234. The van der Waals surface area contributed by atoms with Gasteiger partial charge in [-0.15, -0.1) is 0 Å². The number of benzene rings is 2. The van der Waals surface area contributed by atoms with E-state index in [-0.39, 0.29) is 18.1 Å². The largest absolute Gasteiger partial charge is 0.462 e. The fourth-order valence-corrected chi connectivity index (χ4v) is 4.17. The second kappa shape index (κ2) is 10.1. The maximum atomic E-state index is 13.2. The number of carbonyl (C=O) groups is 2. The molecule has 2 aromatic carbocycles. The van der Waals surface area contributed by atoms with E-state index in [2.05, 4.69) is 28.2 Å². The molecule has 0 bridgehead atoms. The standard InChI is InChI=1S/C25H25BrN4O3/c1-3-5-8-14-30-22(29-24(31)16-10-9-11-17(26)15-16)20(25(32)33-4-2)21-23(30)28-19-13-7-6-12-18(19)27-21/h6-7,9-13,15H,3-5,8,14H2,1-2H3,(H,29,31). The molecule has 8 heteroatoms. The monoisotopic (exact) mass is 508 g/mol. The average molecular weight is 509 g/mol. The number of rotatable bonds is 8. The summed E-state index contributed by atoms with van der Waals surface area (Å²) in [5.74, 6) is -0.503. The van der Waals surface area contributed by atoms with Crippen LogP contribution in [-0.2, 0) is 11.3 Å². The number of aryl methyl sites for hydroxylation is 1. The molecule has 0 aliphatic carbocycles.